The Kier molecular flexibility index (Phi) is 10.6. The number of nitrogens with one attached hydrogen (secondary N) is 1. The molecule has 0 aliphatic rings. The van der Waals surface area contributed by atoms with E-state index in [1.807, 2.05) is 6.92 Å². The average Bonchev–Trinajstić information content (AvgIpc) is 2.25. The molecule has 0 saturated heterocycles. The first-order valence-corrected chi connectivity index (χ1v) is 10.5. The molecule has 3 nitrogen and oxygen atoms in total. The quantitative estimate of drug-likeness (QED) is 0.285. The van der Waals surface area contributed by atoms with E-state index in [1.54, 1.807) is 17.7 Å². The molecular weight excluding hydrogens is 271 g/mol. The highest BCUT2D eigenvalue weighted by atomic mass is 32.9. The third-order valence-electron chi connectivity index (χ3n) is 1.84. The van der Waals surface area contributed by atoms with Crippen LogP contribution in [0.3, 0.4) is 0 Å². The van der Waals surface area contributed by atoms with Gasteiger partial charge in [0.05, 0.1) is 12.9 Å². The second-order valence-electron chi connectivity index (χ2n) is 4.12. The Balaban J connectivity index is 4.11. The van der Waals surface area contributed by atoms with Gasteiger partial charge in [-0.3, -0.25) is 4.99 Å². The lowest BCUT2D eigenvalue weighted by molar-refractivity contribution is 0.383. The van der Waals surface area contributed by atoms with Crippen molar-refractivity contribution in [3.8, 4) is 0 Å². The lowest BCUT2D eigenvalue weighted by Gasteiger charge is -2.20. The first-order chi connectivity index (χ1) is 8.04. The van der Waals surface area contributed by atoms with Gasteiger partial charge in [-0.2, -0.15) is 0 Å². The summed E-state index contributed by atoms with van der Waals surface area (Å²) in [6, 6.07) is 0. The summed E-state index contributed by atoms with van der Waals surface area (Å²) < 4.78 is 5.67. The zero-order chi connectivity index (χ0) is 13.1. The molecule has 0 saturated carbocycles. The Labute approximate surface area is 115 Å². The fourth-order valence-electron chi connectivity index (χ4n) is 0.986. The van der Waals surface area contributed by atoms with Crippen molar-refractivity contribution >= 4 is 35.1 Å². The van der Waals surface area contributed by atoms with Crippen LogP contribution in [0.4, 0.5) is 0 Å². The standard InChI is InChI=1S/C11H25N2OPS2/c1-5-7-8-17-15(16,14-6-2)13-10-12-9-11(3)4/h10-11H,5-9H2,1-4H3,(H,12,13,16). The van der Waals surface area contributed by atoms with Gasteiger partial charge < -0.3 is 9.61 Å². The molecule has 0 spiro atoms. The topological polar surface area (TPSA) is 33.6 Å². The molecule has 0 amide bonds. The summed E-state index contributed by atoms with van der Waals surface area (Å²) in [5, 5.41) is 3.19. The minimum absolute atomic E-state index is 0.575. The van der Waals surface area contributed by atoms with Crippen molar-refractivity contribution in [3.05, 3.63) is 0 Å². The summed E-state index contributed by atoms with van der Waals surface area (Å²) in [6.45, 7) is 9.93. The third kappa shape index (κ3) is 10.1. The number of hydrogen-bond donors (Lipinski definition) is 1. The van der Waals surface area contributed by atoms with Gasteiger partial charge in [-0.1, -0.05) is 38.6 Å². The van der Waals surface area contributed by atoms with Crippen molar-refractivity contribution in [1.29, 1.82) is 0 Å². The van der Waals surface area contributed by atoms with Crippen molar-refractivity contribution in [1.82, 2.24) is 5.09 Å². The normalized spacial score (nSPS) is 15.4. The molecule has 17 heavy (non-hydrogen) atoms. The lowest BCUT2D eigenvalue weighted by Crippen LogP contribution is -2.09. The van der Waals surface area contributed by atoms with Gasteiger partial charge in [-0.05, 0) is 31.1 Å². The Morgan fingerprint density at radius 3 is 2.71 bits per heavy atom. The Morgan fingerprint density at radius 2 is 2.18 bits per heavy atom. The summed E-state index contributed by atoms with van der Waals surface area (Å²) in [5.74, 6) is 1.63. The molecule has 0 fully saturated rings. The summed E-state index contributed by atoms with van der Waals surface area (Å²) >= 11 is 7.28. The monoisotopic (exact) mass is 296 g/mol. The molecule has 1 N–H and O–H groups in total. The third-order valence-corrected chi connectivity index (χ3v) is 7.46. The first-order valence-electron chi connectivity index (χ1n) is 6.19. The molecule has 0 aliphatic heterocycles. The zero-order valence-corrected chi connectivity index (χ0v) is 13.8. The van der Waals surface area contributed by atoms with E-state index < -0.39 is 5.62 Å². The van der Waals surface area contributed by atoms with Gasteiger partial charge in [0.15, 0.2) is 0 Å². The molecular formula is C11H25N2OPS2. The Morgan fingerprint density at radius 1 is 1.47 bits per heavy atom. The average molecular weight is 296 g/mol. The molecule has 0 aliphatic carbocycles. The summed E-state index contributed by atoms with van der Waals surface area (Å²) in [6.07, 6.45) is 4.10. The van der Waals surface area contributed by atoms with Crippen LogP contribution in [0.1, 0.15) is 40.5 Å². The maximum absolute atomic E-state index is 5.67. The van der Waals surface area contributed by atoms with E-state index in [4.69, 9.17) is 16.3 Å². The number of rotatable bonds is 10. The van der Waals surface area contributed by atoms with Crippen molar-refractivity contribution in [2.75, 3.05) is 18.9 Å². The Hall–Kier alpha value is 0.430. The van der Waals surface area contributed by atoms with Gasteiger partial charge in [0.25, 0.3) is 0 Å². The molecule has 0 rings (SSSR count). The van der Waals surface area contributed by atoms with E-state index in [0.717, 1.165) is 12.3 Å². The minimum Gasteiger partial charge on any atom is -0.327 e. The molecule has 0 bridgehead atoms. The van der Waals surface area contributed by atoms with Crippen LogP contribution in [0.5, 0.6) is 0 Å². The second-order valence-corrected chi connectivity index (χ2v) is 10.9. The molecule has 0 radical (unpaired) electrons. The van der Waals surface area contributed by atoms with Gasteiger partial charge in [-0.25, -0.2) is 0 Å². The predicted octanol–water partition coefficient (Wildman–Crippen LogP) is 4.05. The van der Waals surface area contributed by atoms with Crippen LogP contribution in [0.2, 0.25) is 0 Å². The van der Waals surface area contributed by atoms with Crippen molar-refractivity contribution in [2.24, 2.45) is 10.9 Å². The number of hydrogen-bond acceptors (Lipinski definition) is 4. The highest BCUT2D eigenvalue weighted by Crippen LogP contribution is 2.55. The maximum Gasteiger partial charge on any atom is 0.211 e. The fraction of sp³-hybridized carbons (Fsp3) is 0.909. The van der Waals surface area contributed by atoms with Crippen LogP contribution in [0, 0.1) is 5.92 Å². The number of unbranched alkanes of at least 4 members (excludes halogenated alkanes) is 1. The molecule has 1 unspecified atom stereocenters. The number of nitrogens with zero attached hydrogens (tertiary/aromatic N) is 1. The molecule has 0 aromatic carbocycles. The molecule has 6 heteroatoms. The van der Waals surface area contributed by atoms with Crippen molar-refractivity contribution in [3.63, 3.8) is 0 Å². The summed E-state index contributed by atoms with van der Waals surface area (Å²) in [5.41, 5.74) is -1.96. The maximum atomic E-state index is 5.67. The molecule has 0 aromatic heterocycles. The van der Waals surface area contributed by atoms with E-state index in [0.29, 0.717) is 12.5 Å². The van der Waals surface area contributed by atoms with Gasteiger partial charge in [0.2, 0.25) is 5.62 Å². The SMILES string of the molecule is CCCCSP(=S)(N/C=N/CC(C)C)OCC. The van der Waals surface area contributed by atoms with Gasteiger partial charge in [0.1, 0.15) is 0 Å². The first kappa shape index (κ1) is 17.4. The van der Waals surface area contributed by atoms with E-state index in [1.165, 1.54) is 12.8 Å². The Bertz CT molecular complexity index is 260. The van der Waals surface area contributed by atoms with Crippen LogP contribution in [-0.2, 0) is 16.3 Å². The highest BCUT2D eigenvalue weighted by Gasteiger charge is 2.15. The smallest absolute Gasteiger partial charge is 0.211 e. The minimum atomic E-state index is -1.96. The van der Waals surface area contributed by atoms with Crippen molar-refractivity contribution in [2.45, 2.75) is 40.5 Å². The fourth-order valence-corrected chi connectivity index (χ4v) is 5.57. The van der Waals surface area contributed by atoms with E-state index in [9.17, 15) is 0 Å². The van der Waals surface area contributed by atoms with Crippen LogP contribution in [0.15, 0.2) is 4.99 Å². The summed E-state index contributed by atoms with van der Waals surface area (Å²) in [4.78, 5) is 4.30. The van der Waals surface area contributed by atoms with E-state index >= 15 is 0 Å². The number of aliphatic imine (C=N–C) groups is 1. The van der Waals surface area contributed by atoms with Gasteiger partial charge in [0, 0.05) is 12.3 Å². The molecule has 0 heterocycles. The second kappa shape index (κ2) is 10.4. The molecule has 0 aromatic rings. The van der Waals surface area contributed by atoms with E-state index in [-0.39, 0.29) is 0 Å². The predicted molar refractivity (Wildman–Crippen MR) is 84.6 cm³/mol. The largest absolute Gasteiger partial charge is 0.327 e. The van der Waals surface area contributed by atoms with Crippen molar-refractivity contribution < 1.29 is 4.52 Å². The van der Waals surface area contributed by atoms with Crippen LogP contribution in [0.25, 0.3) is 0 Å². The van der Waals surface area contributed by atoms with E-state index in [2.05, 4.69) is 30.9 Å². The molecule has 1 atom stereocenters. The lowest BCUT2D eigenvalue weighted by atomic mass is 10.2. The van der Waals surface area contributed by atoms with Crippen LogP contribution < -0.4 is 5.09 Å². The zero-order valence-electron chi connectivity index (χ0n) is 11.3. The van der Waals surface area contributed by atoms with Crippen LogP contribution >= 0.6 is 17.0 Å². The highest BCUT2D eigenvalue weighted by molar-refractivity contribution is 8.68. The van der Waals surface area contributed by atoms with Crippen LogP contribution in [-0.4, -0.2) is 25.2 Å². The summed E-state index contributed by atoms with van der Waals surface area (Å²) in [7, 11) is 0. The molecule has 102 valence electrons. The van der Waals surface area contributed by atoms with Gasteiger partial charge in [-0.15, -0.1) is 0 Å². The van der Waals surface area contributed by atoms with Gasteiger partial charge >= 0.3 is 0 Å².